The first kappa shape index (κ1) is 9.69. The molecule has 1 heterocycles. The Morgan fingerprint density at radius 1 is 1.29 bits per heavy atom. The number of methoxy groups -OCH3 is 1. The lowest BCUT2D eigenvalue weighted by Crippen LogP contribution is -2.39. The zero-order chi connectivity index (χ0) is 9.80. The number of hydrogen-bond acceptors (Lipinski definition) is 2. The summed E-state index contributed by atoms with van der Waals surface area (Å²) in [6.45, 7) is 2.10. The van der Waals surface area contributed by atoms with E-state index in [1.807, 2.05) is 7.11 Å². The number of benzene rings is 1. The van der Waals surface area contributed by atoms with E-state index in [0.717, 1.165) is 19.5 Å². The molecule has 0 aromatic heterocycles. The molecule has 1 fully saturated rings. The Morgan fingerprint density at radius 2 is 2.07 bits per heavy atom. The third-order valence-corrected chi connectivity index (χ3v) is 2.95. The molecular weight excluding hydrogens is 174 g/mol. The first-order valence-electron chi connectivity index (χ1n) is 5.20. The summed E-state index contributed by atoms with van der Waals surface area (Å²) in [7, 11) is 1.81. The SMILES string of the molecule is COC1CCNCC1c1ccccc1. The van der Waals surface area contributed by atoms with Gasteiger partial charge in [-0.05, 0) is 18.5 Å². The Morgan fingerprint density at radius 3 is 2.79 bits per heavy atom. The molecule has 14 heavy (non-hydrogen) atoms. The lowest BCUT2D eigenvalue weighted by atomic mass is 9.89. The van der Waals surface area contributed by atoms with E-state index in [9.17, 15) is 0 Å². The van der Waals surface area contributed by atoms with Crippen LogP contribution in [0, 0.1) is 0 Å². The van der Waals surface area contributed by atoms with Crippen molar-refractivity contribution in [3.63, 3.8) is 0 Å². The molecule has 2 atom stereocenters. The minimum Gasteiger partial charge on any atom is -0.381 e. The van der Waals surface area contributed by atoms with Gasteiger partial charge in [0.1, 0.15) is 0 Å². The van der Waals surface area contributed by atoms with Crippen LogP contribution in [0.2, 0.25) is 0 Å². The van der Waals surface area contributed by atoms with Gasteiger partial charge in [-0.1, -0.05) is 30.3 Å². The van der Waals surface area contributed by atoms with E-state index in [1.54, 1.807) is 0 Å². The molecule has 0 aliphatic carbocycles. The number of piperidine rings is 1. The van der Waals surface area contributed by atoms with Crippen molar-refractivity contribution in [1.82, 2.24) is 5.32 Å². The van der Waals surface area contributed by atoms with Gasteiger partial charge in [0, 0.05) is 19.6 Å². The Bertz CT molecular complexity index is 273. The Kier molecular flexibility index (Phi) is 3.17. The van der Waals surface area contributed by atoms with Crippen LogP contribution in [-0.4, -0.2) is 26.3 Å². The molecule has 0 spiro atoms. The molecule has 2 heteroatoms. The van der Waals surface area contributed by atoms with Crippen molar-refractivity contribution in [2.75, 3.05) is 20.2 Å². The highest BCUT2D eigenvalue weighted by Gasteiger charge is 2.25. The Hall–Kier alpha value is -0.860. The van der Waals surface area contributed by atoms with Gasteiger partial charge in [-0.15, -0.1) is 0 Å². The van der Waals surface area contributed by atoms with Crippen LogP contribution in [-0.2, 0) is 4.74 Å². The standard InChI is InChI=1S/C12H17NO/c1-14-12-7-8-13-9-11(12)10-5-3-2-4-6-10/h2-6,11-13H,7-9H2,1H3. The first-order valence-corrected chi connectivity index (χ1v) is 5.20. The number of hydrogen-bond donors (Lipinski definition) is 1. The van der Waals surface area contributed by atoms with Crippen molar-refractivity contribution in [2.24, 2.45) is 0 Å². The summed E-state index contributed by atoms with van der Waals surface area (Å²) in [5.74, 6) is 0.509. The Labute approximate surface area is 85.3 Å². The molecule has 1 aromatic rings. The maximum atomic E-state index is 5.52. The first-order chi connectivity index (χ1) is 6.92. The molecule has 1 aromatic carbocycles. The monoisotopic (exact) mass is 191 g/mol. The lowest BCUT2D eigenvalue weighted by molar-refractivity contribution is 0.0586. The molecule has 2 rings (SSSR count). The van der Waals surface area contributed by atoms with Gasteiger partial charge in [0.05, 0.1) is 6.10 Å². The lowest BCUT2D eigenvalue weighted by Gasteiger charge is -2.31. The van der Waals surface area contributed by atoms with E-state index in [-0.39, 0.29) is 0 Å². The van der Waals surface area contributed by atoms with Gasteiger partial charge in [0.2, 0.25) is 0 Å². The molecule has 76 valence electrons. The van der Waals surface area contributed by atoms with Crippen molar-refractivity contribution in [1.29, 1.82) is 0 Å². The van der Waals surface area contributed by atoms with E-state index in [0.29, 0.717) is 12.0 Å². The average molecular weight is 191 g/mol. The molecule has 0 amide bonds. The molecule has 1 aliphatic rings. The smallest absolute Gasteiger partial charge is 0.0664 e. The highest BCUT2D eigenvalue weighted by Crippen LogP contribution is 2.25. The summed E-state index contributed by atoms with van der Waals surface area (Å²) < 4.78 is 5.52. The second-order valence-electron chi connectivity index (χ2n) is 3.78. The third kappa shape index (κ3) is 1.97. The molecule has 0 bridgehead atoms. The van der Waals surface area contributed by atoms with Crippen LogP contribution >= 0.6 is 0 Å². The van der Waals surface area contributed by atoms with Crippen molar-refractivity contribution >= 4 is 0 Å². The number of ether oxygens (including phenoxy) is 1. The number of nitrogens with one attached hydrogen (secondary N) is 1. The predicted molar refractivity (Wildman–Crippen MR) is 57.5 cm³/mol. The molecule has 0 saturated carbocycles. The van der Waals surface area contributed by atoms with Crippen LogP contribution in [0.5, 0.6) is 0 Å². The van der Waals surface area contributed by atoms with Crippen LogP contribution < -0.4 is 5.32 Å². The third-order valence-electron chi connectivity index (χ3n) is 2.95. The van der Waals surface area contributed by atoms with Gasteiger partial charge in [-0.25, -0.2) is 0 Å². The average Bonchev–Trinajstić information content (AvgIpc) is 2.30. The fourth-order valence-corrected chi connectivity index (χ4v) is 2.15. The van der Waals surface area contributed by atoms with Crippen LogP contribution in [0.15, 0.2) is 30.3 Å². The van der Waals surface area contributed by atoms with Crippen molar-refractivity contribution in [2.45, 2.75) is 18.4 Å². The van der Waals surface area contributed by atoms with Gasteiger partial charge in [-0.3, -0.25) is 0 Å². The van der Waals surface area contributed by atoms with Gasteiger partial charge in [0.25, 0.3) is 0 Å². The van der Waals surface area contributed by atoms with Crippen LogP contribution in [0.1, 0.15) is 17.9 Å². The minimum atomic E-state index is 0.374. The summed E-state index contributed by atoms with van der Waals surface area (Å²) in [6, 6.07) is 10.6. The predicted octanol–water partition coefficient (Wildman–Crippen LogP) is 1.78. The summed E-state index contributed by atoms with van der Waals surface area (Å²) in [5.41, 5.74) is 1.38. The topological polar surface area (TPSA) is 21.3 Å². The van der Waals surface area contributed by atoms with Crippen molar-refractivity contribution in [3.05, 3.63) is 35.9 Å². The molecule has 0 radical (unpaired) electrons. The molecule has 1 saturated heterocycles. The van der Waals surface area contributed by atoms with E-state index in [2.05, 4.69) is 35.6 Å². The van der Waals surface area contributed by atoms with Crippen molar-refractivity contribution < 1.29 is 4.74 Å². The zero-order valence-corrected chi connectivity index (χ0v) is 8.57. The summed E-state index contributed by atoms with van der Waals surface area (Å²) in [4.78, 5) is 0. The molecule has 2 nitrogen and oxygen atoms in total. The van der Waals surface area contributed by atoms with Crippen LogP contribution in [0.3, 0.4) is 0 Å². The minimum absolute atomic E-state index is 0.374. The highest BCUT2D eigenvalue weighted by molar-refractivity contribution is 5.21. The van der Waals surface area contributed by atoms with Gasteiger partial charge in [0.15, 0.2) is 0 Å². The molecular formula is C12H17NO. The van der Waals surface area contributed by atoms with Crippen molar-refractivity contribution in [3.8, 4) is 0 Å². The summed E-state index contributed by atoms with van der Waals surface area (Å²) >= 11 is 0. The highest BCUT2D eigenvalue weighted by atomic mass is 16.5. The van der Waals surface area contributed by atoms with E-state index in [4.69, 9.17) is 4.74 Å². The fourth-order valence-electron chi connectivity index (χ4n) is 2.15. The second kappa shape index (κ2) is 4.58. The normalized spacial score (nSPS) is 27.5. The van der Waals surface area contributed by atoms with Crippen LogP contribution in [0.4, 0.5) is 0 Å². The van der Waals surface area contributed by atoms with E-state index >= 15 is 0 Å². The van der Waals surface area contributed by atoms with Gasteiger partial charge in [-0.2, -0.15) is 0 Å². The van der Waals surface area contributed by atoms with E-state index in [1.165, 1.54) is 5.56 Å². The van der Waals surface area contributed by atoms with Crippen LogP contribution in [0.25, 0.3) is 0 Å². The Balaban J connectivity index is 2.15. The second-order valence-corrected chi connectivity index (χ2v) is 3.78. The maximum Gasteiger partial charge on any atom is 0.0664 e. The summed E-state index contributed by atoms with van der Waals surface area (Å²) in [6.07, 6.45) is 1.48. The fraction of sp³-hybridized carbons (Fsp3) is 0.500. The summed E-state index contributed by atoms with van der Waals surface area (Å²) in [5, 5.41) is 3.42. The maximum absolute atomic E-state index is 5.52. The molecule has 1 aliphatic heterocycles. The van der Waals surface area contributed by atoms with E-state index < -0.39 is 0 Å². The van der Waals surface area contributed by atoms with Gasteiger partial charge >= 0.3 is 0 Å². The van der Waals surface area contributed by atoms with Gasteiger partial charge < -0.3 is 10.1 Å². The largest absolute Gasteiger partial charge is 0.381 e. The zero-order valence-electron chi connectivity index (χ0n) is 8.57. The molecule has 1 N–H and O–H groups in total. The molecule has 2 unspecified atom stereocenters. The quantitative estimate of drug-likeness (QED) is 0.769. The number of rotatable bonds is 2.